The molecule has 0 aliphatic heterocycles. The molecule has 0 saturated heterocycles. The predicted octanol–water partition coefficient (Wildman–Crippen LogP) is 5.90. The first-order valence-electron chi connectivity index (χ1n) is 11.4. The van der Waals surface area contributed by atoms with Crippen molar-refractivity contribution in [2.75, 3.05) is 13.3 Å². The van der Waals surface area contributed by atoms with Crippen LogP contribution >= 0.6 is 0 Å². The maximum atomic E-state index is 14.2. The van der Waals surface area contributed by atoms with Gasteiger partial charge in [-0.2, -0.15) is 0 Å². The molecule has 0 radical (unpaired) electrons. The fourth-order valence-corrected chi connectivity index (χ4v) is 8.98. The zero-order chi connectivity index (χ0) is 22.9. The third-order valence-electron chi connectivity index (χ3n) is 5.86. The normalized spacial score (nSPS) is 13.1. The Morgan fingerprint density at radius 3 is 1.75 bits per heavy atom. The number of benzene rings is 3. The van der Waals surface area contributed by atoms with E-state index in [2.05, 4.69) is 81.4 Å². The molecule has 0 aromatic heterocycles. The Morgan fingerprint density at radius 2 is 1.28 bits per heavy atom. The molecule has 0 aliphatic carbocycles. The molecule has 0 heterocycles. The van der Waals surface area contributed by atoms with Gasteiger partial charge in [0.2, 0.25) is 0 Å². The molecule has 32 heavy (non-hydrogen) atoms. The van der Waals surface area contributed by atoms with Crippen molar-refractivity contribution >= 4 is 18.7 Å². The van der Waals surface area contributed by atoms with Crippen molar-refractivity contribution in [2.45, 2.75) is 51.4 Å². The monoisotopic (exact) mass is 450 g/mol. The minimum absolute atomic E-state index is 0.160. The standard InChI is InChI=1S/C28H35FO2Si/c1-28(2,3)32(26-17-9-5-10-18-26,27-19-11-6-12-20-27)31-25(22-29)16-13-21-30-23-24-14-7-4-8-15-24/h4-12,14-15,17-20,25H,13,16,21-23H2,1-3H3. The zero-order valence-electron chi connectivity index (χ0n) is 19.5. The molecular formula is C28H35FO2Si. The van der Waals surface area contributed by atoms with Crippen molar-refractivity contribution in [3.05, 3.63) is 96.6 Å². The molecule has 1 unspecified atom stereocenters. The highest BCUT2D eigenvalue weighted by Crippen LogP contribution is 2.38. The number of halogens is 1. The second-order valence-electron chi connectivity index (χ2n) is 9.24. The molecule has 0 saturated carbocycles. The van der Waals surface area contributed by atoms with E-state index in [4.69, 9.17) is 9.16 Å². The van der Waals surface area contributed by atoms with E-state index in [1.807, 2.05) is 30.3 Å². The minimum atomic E-state index is -2.74. The van der Waals surface area contributed by atoms with Crippen LogP contribution in [0.2, 0.25) is 5.04 Å². The molecule has 3 rings (SSSR count). The molecule has 3 aromatic carbocycles. The van der Waals surface area contributed by atoms with Crippen molar-refractivity contribution < 1.29 is 13.6 Å². The second-order valence-corrected chi connectivity index (χ2v) is 13.5. The lowest BCUT2D eigenvalue weighted by Crippen LogP contribution is -2.67. The molecular weight excluding hydrogens is 415 g/mol. The summed E-state index contributed by atoms with van der Waals surface area (Å²) in [7, 11) is -2.74. The van der Waals surface area contributed by atoms with Gasteiger partial charge in [0.25, 0.3) is 8.32 Å². The lowest BCUT2D eigenvalue weighted by molar-refractivity contribution is 0.0931. The van der Waals surface area contributed by atoms with E-state index < -0.39 is 21.1 Å². The summed E-state index contributed by atoms with van der Waals surface area (Å²) in [5.74, 6) is 0. The summed E-state index contributed by atoms with van der Waals surface area (Å²) in [6, 6.07) is 30.9. The highest BCUT2D eigenvalue weighted by Gasteiger charge is 2.51. The fraction of sp³-hybridized carbons (Fsp3) is 0.357. The highest BCUT2D eigenvalue weighted by atomic mass is 28.4. The summed E-state index contributed by atoms with van der Waals surface area (Å²) in [6.07, 6.45) is 0.941. The highest BCUT2D eigenvalue weighted by molar-refractivity contribution is 6.99. The Balaban J connectivity index is 1.76. The van der Waals surface area contributed by atoms with E-state index in [0.717, 1.165) is 12.0 Å². The summed E-state index contributed by atoms with van der Waals surface area (Å²) >= 11 is 0. The van der Waals surface area contributed by atoms with Gasteiger partial charge in [0.15, 0.2) is 0 Å². The van der Waals surface area contributed by atoms with Gasteiger partial charge in [-0.05, 0) is 33.8 Å². The predicted molar refractivity (Wildman–Crippen MR) is 134 cm³/mol. The summed E-state index contributed by atoms with van der Waals surface area (Å²) < 4.78 is 26.9. The molecule has 0 bridgehead atoms. The van der Waals surface area contributed by atoms with Crippen LogP contribution in [0.3, 0.4) is 0 Å². The van der Waals surface area contributed by atoms with Gasteiger partial charge < -0.3 is 9.16 Å². The zero-order valence-corrected chi connectivity index (χ0v) is 20.5. The number of hydrogen-bond acceptors (Lipinski definition) is 2. The summed E-state index contributed by atoms with van der Waals surface area (Å²) in [5, 5.41) is 2.20. The summed E-state index contributed by atoms with van der Waals surface area (Å²) in [6.45, 7) is 7.34. The van der Waals surface area contributed by atoms with Gasteiger partial charge in [0.1, 0.15) is 6.67 Å². The maximum Gasteiger partial charge on any atom is 0.261 e. The molecule has 1 atom stereocenters. The van der Waals surface area contributed by atoms with Gasteiger partial charge in [-0.25, -0.2) is 4.39 Å². The molecule has 0 aliphatic rings. The lowest BCUT2D eigenvalue weighted by atomic mass is 10.2. The molecule has 0 amide bonds. The smallest absolute Gasteiger partial charge is 0.261 e. The molecule has 4 heteroatoms. The van der Waals surface area contributed by atoms with Crippen LogP contribution in [-0.4, -0.2) is 27.7 Å². The Hall–Kier alpha value is -2.27. The third-order valence-corrected chi connectivity index (χ3v) is 11.0. The number of rotatable bonds is 11. The Labute approximate surface area is 193 Å². The van der Waals surface area contributed by atoms with E-state index >= 15 is 0 Å². The van der Waals surface area contributed by atoms with Crippen LogP contribution in [-0.2, 0) is 15.8 Å². The van der Waals surface area contributed by atoms with Crippen LogP contribution in [0.4, 0.5) is 4.39 Å². The number of ether oxygens (including phenoxy) is 1. The molecule has 0 N–H and O–H groups in total. The van der Waals surface area contributed by atoms with Crippen LogP contribution in [0.1, 0.15) is 39.2 Å². The van der Waals surface area contributed by atoms with E-state index in [0.29, 0.717) is 19.6 Å². The second kappa shape index (κ2) is 11.6. The van der Waals surface area contributed by atoms with E-state index in [-0.39, 0.29) is 5.04 Å². The topological polar surface area (TPSA) is 18.5 Å². The average Bonchev–Trinajstić information content (AvgIpc) is 2.82. The first-order chi connectivity index (χ1) is 15.5. The summed E-state index contributed by atoms with van der Waals surface area (Å²) in [4.78, 5) is 0. The van der Waals surface area contributed by atoms with Crippen LogP contribution < -0.4 is 10.4 Å². The van der Waals surface area contributed by atoms with Gasteiger partial charge in [-0.15, -0.1) is 0 Å². The third kappa shape index (κ3) is 5.94. The SMILES string of the molecule is CC(C)(C)[Si](OC(CF)CCCOCc1ccccc1)(c1ccccc1)c1ccccc1. The van der Waals surface area contributed by atoms with Crippen LogP contribution in [0.25, 0.3) is 0 Å². The van der Waals surface area contributed by atoms with Crippen molar-refractivity contribution in [1.29, 1.82) is 0 Å². The van der Waals surface area contributed by atoms with E-state index in [1.165, 1.54) is 10.4 Å². The van der Waals surface area contributed by atoms with Crippen molar-refractivity contribution in [1.82, 2.24) is 0 Å². The number of hydrogen-bond donors (Lipinski definition) is 0. The Bertz CT molecular complexity index is 871. The average molecular weight is 451 g/mol. The molecule has 170 valence electrons. The fourth-order valence-electron chi connectivity index (χ4n) is 4.29. The Kier molecular flexibility index (Phi) is 8.80. The molecule has 2 nitrogen and oxygen atoms in total. The lowest BCUT2D eigenvalue weighted by Gasteiger charge is -2.44. The van der Waals surface area contributed by atoms with Gasteiger partial charge >= 0.3 is 0 Å². The van der Waals surface area contributed by atoms with Gasteiger partial charge in [-0.3, -0.25) is 0 Å². The van der Waals surface area contributed by atoms with Crippen LogP contribution in [0.15, 0.2) is 91.0 Å². The molecule has 0 spiro atoms. The van der Waals surface area contributed by atoms with Gasteiger partial charge in [-0.1, -0.05) is 112 Å². The van der Waals surface area contributed by atoms with Gasteiger partial charge in [0, 0.05) is 6.61 Å². The van der Waals surface area contributed by atoms with Crippen LogP contribution in [0.5, 0.6) is 0 Å². The van der Waals surface area contributed by atoms with Crippen molar-refractivity contribution in [3.8, 4) is 0 Å². The largest absolute Gasteiger partial charge is 0.402 e. The van der Waals surface area contributed by atoms with Crippen molar-refractivity contribution in [3.63, 3.8) is 0 Å². The maximum absolute atomic E-state index is 14.2. The first-order valence-corrected chi connectivity index (χ1v) is 13.3. The number of alkyl halides is 1. The minimum Gasteiger partial charge on any atom is -0.402 e. The molecule has 3 aromatic rings. The van der Waals surface area contributed by atoms with E-state index in [9.17, 15) is 4.39 Å². The molecule has 0 fully saturated rings. The quantitative estimate of drug-likeness (QED) is 0.268. The van der Waals surface area contributed by atoms with Gasteiger partial charge in [0.05, 0.1) is 12.7 Å². The summed E-state index contributed by atoms with van der Waals surface area (Å²) in [5.41, 5.74) is 1.15. The van der Waals surface area contributed by atoms with Crippen molar-refractivity contribution in [2.24, 2.45) is 0 Å². The van der Waals surface area contributed by atoms with E-state index in [1.54, 1.807) is 0 Å². The van der Waals surface area contributed by atoms with Crippen LogP contribution in [0, 0.1) is 0 Å². The Morgan fingerprint density at radius 1 is 0.781 bits per heavy atom. The first kappa shape index (κ1) is 24.4.